The monoisotopic (exact) mass is 500 g/mol. The molecule has 0 spiro atoms. The number of likely N-dealkylation sites (tertiary alicyclic amines) is 1. The second-order valence-electron chi connectivity index (χ2n) is 10.5. The number of Topliss-reactive ketones (excluding diaryl/α,β-unsaturated/α-hetero) is 1. The summed E-state index contributed by atoms with van der Waals surface area (Å²) in [6, 6.07) is 27.2. The minimum atomic E-state index is -0.135. The van der Waals surface area contributed by atoms with Gasteiger partial charge in [-0.05, 0) is 86.0 Å². The third-order valence-corrected chi connectivity index (χ3v) is 8.37. The molecule has 3 nitrogen and oxygen atoms in total. The number of fused-ring (bicyclic) bond motifs is 1. The maximum Gasteiger partial charge on any atom is 0.154 e. The molecule has 1 atom stereocenters. The fourth-order valence-corrected chi connectivity index (χ4v) is 6.17. The maximum atomic E-state index is 13.8. The smallest absolute Gasteiger partial charge is 0.154 e. The molecule has 2 aliphatic rings. The van der Waals surface area contributed by atoms with Crippen molar-refractivity contribution in [3.05, 3.63) is 106 Å². The van der Waals surface area contributed by atoms with Gasteiger partial charge in [0.1, 0.15) is 0 Å². The zero-order chi connectivity index (χ0) is 24.7. The van der Waals surface area contributed by atoms with Crippen LogP contribution in [0.3, 0.4) is 0 Å². The van der Waals surface area contributed by atoms with Crippen LogP contribution in [0, 0.1) is 5.92 Å². The molecule has 0 N–H and O–H groups in total. The first-order chi connectivity index (χ1) is 17.7. The van der Waals surface area contributed by atoms with Gasteiger partial charge < -0.3 is 0 Å². The third-order valence-electron chi connectivity index (χ3n) is 8.00. The van der Waals surface area contributed by atoms with Crippen LogP contribution < -0.4 is 0 Å². The molecule has 4 heteroatoms. The average molecular weight is 501 g/mol. The fourth-order valence-electron chi connectivity index (χ4n) is 5.98. The summed E-state index contributed by atoms with van der Waals surface area (Å²) < 4.78 is 0. The van der Waals surface area contributed by atoms with Crippen LogP contribution >= 0.6 is 11.6 Å². The molecule has 0 aromatic heterocycles. The van der Waals surface area contributed by atoms with E-state index in [0.29, 0.717) is 18.1 Å². The SMILES string of the molecule is O=C(CCC1CCN(Cc2ccccc2Cl)CC1)C1c2ccccc2CCCN1Cc1ccccc1. The van der Waals surface area contributed by atoms with Gasteiger partial charge in [-0.3, -0.25) is 14.6 Å². The van der Waals surface area contributed by atoms with Crippen molar-refractivity contribution in [1.29, 1.82) is 0 Å². The minimum Gasteiger partial charge on any atom is -0.299 e. The molecular weight excluding hydrogens is 464 g/mol. The second kappa shape index (κ2) is 12.2. The van der Waals surface area contributed by atoms with Gasteiger partial charge in [-0.2, -0.15) is 0 Å². The Morgan fingerprint density at radius 3 is 2.36 bits per heavy atom. The fraction of sp³-hybridized carbons (Fsp3) is 0.406. The van der Waals surface area contributed by atoms with Crippen LogP contribution in [0.4, 0.5) is 0 Å². The Hall–Kier alpha value is -2.46. The molecule has 5 rings (SSSR count). The molecule has 3 aromatic rings. The van der Waals surface area contributed by atoms with E-state index in [9.17, 15) is 4.79 Å². The van der Waals surface area contributed by atoms with Gasteiger partial charge in [-0.1, -0.05) is 84.4 Å². The van der Waals surface area contributed by atoms with Crippen molar-refractivity contribution >= 4 is 17.4 Å². The molecule has 0 radical (unpaired) electrons. The number of benzene rings is 3. The van der Waals surface area contributed by atoms with E-state index in [-0.39, 0.29) is 6.04 Å². The molecule has 1 saturated heterocycles. The molecule has 36 heavy (non-hydrogen) atoms. The highest BCUT2D eigenvalue weighted by atomic mass is 35.5. The third kappa shape index (κ3) is 6.26. The first-order valence-corrected chi connectivity index (χ1v) is 13.9. The van der Waals surface area contributed by atoms with Crippen LogP contribution in [0.25, 0.3) is 0 Å². The molecule has 0 bridgehead atoms. The van der Waals surface area contributed by atoms with Gasteiger partial charge in [-0.15, -0.1) is 0 Å². The zero-order valence-electron chi connectivity index (χ0n) is 21.1. The molecule has 188 valence electrons. The topological polar surface area (TPSA) is 23.6 Å². The number of nitrogens with zero attached hydrogens (tertiary/aromatic N) is 2. The Kier molecular flexibility index (Phi) is 8.53. The normalized spacial score (nSPS) is 19.5. The summed E-state index contributed by atoms with van der Waals surface area (Å²) in [5, 5.41) is 0.856. The van der Waals surface area contributed by atoms with Gasteiger partial charge in [0.25, 0.3) is 0 Å². The molecular formula is C32H37ClN2O. The summed E-state index contributed by atoms with van der Waals surface area (Å²) in [5.41, 5.74) is 5.06. The largest absolute Gasteiger partial charge is 0.299 e. The molecule has 0 aliphatic carbocycles. The summed E-state index contributed by atoms with van der Waals surface area (Å²) in [6.07, 6.45) is 6.13. The summed E-state index contributed by atoms with van der Waals surface area (Å²) in [5.74, 6) is 1.01. The van der Waals surface area contributed by atoms with Gasteiger partial charge in [0.15, 0.2) is 5.78 Å². The Morgan fingerprint density at radius 2 is 1.56 bits per heavy atom. The van der Waals surface area contributed by atoms with Crippen molar-refractivity contribution in [3.63, 3.8) is 0 Å². The van der Waals surface area contributed by atoms with E-state index in [0.717, 1.165) is 69.9 Å². The number of halogens is 1. The highest BCUT2D eigenvalue weighted by Crippen LogP contribution is 2.33. The number of carbonyl (C=O) groups excluding carboxylic acids is 1. The van der Waals surface area contributed by atoms with Gasteiger partial charge in [0.05, 0.1) is 6.04 Å². The van der Waals surface area contributed by atoms with Crippen molar-refractivity contribution in [2.75, 3.05) is 19.6 Å². The number of piperidine rings is 1. The molecule has 1 unspecified atom stereocenters. The molecule has 2 heterocycles. The zero-order valence-corrected chi connectivity index (χ0v) is 21.9. The van der Waals surface area contributed by atoms with E-state index in [1.54, 1.807) is 0 Å². The minimum absolute atomic E-state index is 0.135. The highest BCUT2D eigenvalue weighted by Gasteiger charge is 2.31. The van der Waals surface area contributed by atoms with Gasteiger partial charge in [-0.25, -0.2) is 0 Å². The number of hydrogen-bond donors (Lipinski definition) is 0. The standard InChI is InChI=1S/C32H37ClN2O/c33-30-15-7-5-12-28(30)24-34-21-18-25(19-22-34)16-17-31(36)32-29-14-6-4-11-27(29)13-8-20-35(32)23-26-9-2-1-3-10-26/h1-7,9-12,14-15,25,32H,8,13,16-24H2. The average Bonchev–Trinajstić information content (AvgIpc) is 3.09. The lowest BCUT2D eigenvalue weighted by molar-refractivity contribution is -0.125. The highest BCUT2D eigenvalue weighted by molar-refractivity contribution is 6.31. The Balaban J connectivity index is 1.21. The lowest BCUT2D eigenvalue weighted by Crippen LogP contribution is -2.35. The van der Waals surface area contributed by atoms with Crippen LogP contribution in [-0.4, -0.2) is 35.2 Å². The number of carbonyl (C=O) groups is 1. The first kappa shape index (κ1) is 25.2. The van der Waals surface area contributed by atoms with Crippen LogP contribution in [0.2, 0.25) is 5.02 Å². The van der Waals surface area contributed by atoms with E-state index >= 15 is 0 Å². The van der Waals surface area contributed by atoms with Crippen LogP contribution in [-0.2, 0) is 24.3 Å². The van der Waals surface area contributed by atoms with E-state index in [4.69, 9.17) is 11.6 Å². The van der Waals surface area contributed by atoms with Crippen LogP contribution in [0.15, 0.2) is 78.9 Å². The first-order valence-electron chi connectivity index (χ1n) is 13.5. The van der Waals surface area contributed by atoms with E-state index < -0.39 is 0 Å². The number of ketones is 1. The summed E-state index contributed by atoms with van der Waals surface area (Å²) in [6.45, 7) is 4.86. The van der Waals surface area contributed by atoms with Crippen molar-refractivity contribution in [2.24, 2.45) is 5.92 Å². The molecule has 0 saturated carbocycles. The maximum absolute atomic E-state index is 13.8. The van der Waals surface area contributed by atoms with E-state index in [1.807, 2.05) is 12.1 Å². The summed E-state index contributed by atoms with van der Waals surface area (Å²) >= 11 is 6.37. The molecule has 2 aliphatic heterocycles. The number of hydrogen-bond acceptors (Lipinski definition) is 3. The molecule has 1 fully saturated rings. The van der Waals surface area contributed by atoms with Crippen molar-refractivity contribution < 1.29 is 4.79 Å². The lowest BCUT2D eigenvalue weighted by Gasteiger charge is -2.33. The Morgan fingerprint density at radius 1 is 0.833 bits per heavy atom. The number of aryl methyl sites for hydroxylation is 1. The Bertz CT molecular complexity index is 1140. The molecule has 0 amide bonds. The van der Waals surface area contributed by atoms with E-state index in [1.165, 1.54) is 22.3 Å². The van der Waals surface area contributed by atoms with Gasteiger partial charge in [0, 0.05) is 24.5 Å². The van der Waals surface area contributed by atoms with Crippen molar-refractivity contribution in [3.8, 4) is 0 Å². The Labute approximate surface area is 221 Å². The van der Waals surface area contributed by atoms with Crippen molar-refractivity contribution in [2.45, 2.75) is 57.7 Å². The van der Waals surface area contributed by atoms with Crippen LogP contribution in [0.5, 0.6) is 0 Å². The predicted molar refractivity (Wildman–Crippen MR) is 148 cm³/mol. The van der Waals surface area contributed by atoms with Gasteiger partial charge >= 0.3 is 0 Å². The number of rotatable bonds is 8. The second-order valence-corrected chi connectivity index (χ2v) is 10.9. The van der Waals surface area contributed by atoms with E-state index in [2.05, 4.69) is 76.5 Å². The van der Waals surface area contributed by atoms with Gasteiger partial charge in [0.2, 0.25) is 0 Å². The molecule has 3 aromatic carbocycles. The quantitative estimate of drug-likeness (QED) is 0.330. The summed E-state index contributed by atoms with van der Waals surface area (Å²) in [7, 11) is 0. The summed E-state index contributed by atoms with van der Waals surface area (Å²) in [4.78, 5) is 18.8. The lowest BCUT2D eigenvalue weighted by atomic mass is 9.88. The predicted octanol–water partition coefficient (Wildman–Crippen LogP) is 7.09. The van der Waals surface area contributed by atoms with Crippen LogP contribution in [0.1, 0.15) is 60.4 Å². The van der Waals surface area contributed by atoms with Crippen molar-refractivity contribution in [1.82, 2.24) is 9.80 Å².